The normalized spacial score (nSPS) is 11.7. The summed E-state index contributed by atoms with van der Waals surface area (Å²) >= 11 is 1.58. The Morgan fingerprint density at radius 3 is 2.52 bits per heavy atom. The van der Waals surface area contributed by atoms with Crippen molar-refractivity contribution in [1.82, 2.24) is 10.2 Å². The van der Waals surface area contributed by atoms with Crippen LogP contribution in [0.15, 0.2) is 48.5 Å². The van der Waals surface area contributed by atoms with E-state index in [1.165, 1.54) is 11.1 Å². The van der Waals surface area contributed by atoms with Crippen LogP contribution < -0.4 is 5.32 Å². The minimum Gasteiger partial charge on any atom is -0.357 e. The highest BCUT2D eigenvalue weighted by atomic mass is 32.2. The van der Waals surface area contributed by atoms with E-state index in [9.17, 15) is 9.59 Å². The summed E-state index contributed by atoms with van der Waals surface area (Å²) in [5, 5.41) is 2.65. The van der Waals surface area contributed by atoms with E-state index in [1.54, 1.807) is 30.6 Å². The molecule has 0 saturated heterocycles. The molecule has 0 aliphatic carbocycles. The first-order chi connectivity index (χ1) is 12.9. The Kier molecular flexibility index (Phi) is 7.92. The molecule has 0 aromatic heterocycles. The molecule has 0 bridgehead atoms. The molecule has 2 aromatic rings. The molecule has 0 heterocycles. The summed E-state index contributed by atoms with van der Waals surface area (Å²) in [6, 6.07) is 15.8. The third-order valence-electron chi connectivity index (χ3n) is 4.59. The molecule has 4 nitrogen and oxygen atoms in total. The van der Waals surface area contributed by atoms with Gasteiger partial charge in [-0.3, -0.25) is 9.59 Å². The van der Waals surface area contributed by atoms with Gasteiger partial charge in [-0.2, -0.15) is 0 Å². The van der Waals surface area contributed by atoms with Crippen LogP contribution in [0.25, 0.3) is 0 Å². The fourth-order valence-corrected chi connectivity index (χ4v) is 3.76. The van der Waals surface area contributed by atoms with Gasteiger partial charge in [0.25, 0.3) is 0 Å². The van der Waals surface area contributed by atoms with E-state index in [-0.39, 0.29) is 11.8 Å². The molecular formula is C22H28N2O2S. The lowest BCUT2D eigenvalue weighted by Gasteiger charge is -2.29. The molecule has 0 fully saturated rings. The minimum atomic E-state index is -0.512. The number of rotatable bonds is 8. The second-order valence-corrected chi connectivity index (χ2v) is 7.71. The van der Waals surface area contributed by atoms with E-state index >= 15 is 0 Å². The number of thioether (sulfide) groups is 1. The van der Waals surface area contributed by atoms with Gasteiger partial charge in [0.15, 0.2) is 0 Å². The zero-order chi connectivity index (χ0) is 19.8. The topological polar surface area (TPSA) is 49.4 Å². The van der Waals surface area contributed by atoms with Gasteiger partial charge in [0.1, 0.15) is 6.04 Å². The monoisotopic (exact) mass is 384 g/mol. The first-order valence-electron chi connectivity index (χ1n) is 9.11. The van der Waals surface area contributed by atoms with Gasteiger partial charge in [-0.15, -0.1) is 11.8 Å². The van der Waals surface area contributed by atoms with E-state index in [0.717, 1.165) is 16.9 Å². The maximum absolute atomic E-state index is 12.9. The Balaban J connectivity index is 2.06. The van der Waals surface area contributed by atoms with Crippen LogP contribution in [0.2, 0.25) is 0 Å². The van der Waals surface area contributed by atoms with E-state index in [2.05, 4.69) is 30.4 Å². The predicted octanol–water partition coefficient (Wildman–Crippen LogP) is 3.70. The molecule has 0 aliphatic heterocycles. The number of hydrogen-bond acceptors (Lipinski definition) is 3. The Bertz CT molecular complexity index is 791. The number of aryl methyl sites for hydroxylation is 2. The number of amides is 2. The molecule has 0 saturated carbocycles. The second kappa shape index (κ2) is 10.2. The van der Waals surface area contributed by atoms with Gasteiger partial charge in [0.05, 0.1) is 5.75 Å². The average molecular weight is 385 g/mol. The first-order valence-corrected chi connectivity index (χ1v) is 10.3. The Morgan fingerprint density at radius 1 is 1.11 bits per heavy atom. The number of nitrogens with one attached hydrogen (secondary N) is 1. The zero-order valence-corrected chi connectivity index (χ0v) is 17.3. The highest BCUT2D eigenvalue weighted by Crippen LogP contribution is 2.18. The molecule has 1 N–H and O–H groups in total. The Hall–Kier alpha value is -2.27. The quantitative estimate of drug-likeness (QED) is 0.755. The van der Waals surface area contributed by atoms with Crippen LogP contribution in [0, 0.1) is 13.8 Å². The predicted molar refractivity (Wildman–Crippen MR) is 113 cm³/mol. The van der Waals surface area contributed by atoms with Gasteiger partial charge in [-0.1, -0.05) is 54.1 Å². The van der Waals surface area contributed by atoms with Crippen molar-refractivity contribution >= 4 is 23.6 Å². The number of hydrogen-bond donors (Lipinski definition) is 1. The van der Waals surface area contributed by atoms with Gasteiger partial charge in [-0.25, -0.2) is 0 Å². The van der Waals surface area contributed by atoms with Crippen LogP contribution in [0.3, 0.4) is 0 Å². The zero-order valence-electron chi connectivity index (χ0n) is 16.5. The lowest BCUT2D eigenvalue weighted by atomic mass is 10.1. The molecule has 0 spiro atoms. The first kappa shape index (κ1) is 21.0. The second-order valence-electron chi connectivity index (χ2n) is 6.72. The molecule has 144 valence electrons. The number of likely N-dealkylation sites (N-methyl/N-ethyl adjacent to an activating group) is 1. The molecular weight excluding hydrogens is 356 g/mol. The van der Waals surface area contributed by atoms with Gasteiger partial charge in [0, 0.05) is 19.3 Å². The van der Waals surface area contributed by atoms with Crippen molar-refractivity contribution in [2.45, 2.75) is 39.1 Å². The summed E-state index contributed by atoms with van der Waals surface area (Å²) in [6.45, 7) is 6.30. The Labute approximate surface area is 166 Å². The third-order valence-corrected chi connectivity index (χ3v) is 5.58. The number of nitrogens with zero attached hydrogens (tertiary/aromatic N) is 1. The third kappa shape index (κ3) is 6.14. The van der Waals surface area contributed by atoms with Gasteiger partial charge in [-0.05, 0) is 37.5 Å². The largest absolute Gasteiger partial charge is 0.357 e. The lowest BCUT2D eigenvalue weighted by molar-refractivity contribution is -0.138. The van der Waals surface area contributed by atoms with E-state index < -0.39 is 6.04 Å². The molecule has 2 amide bonds. The van der Waals surface area contributed by atoms with Crippen molar-refractivity contribution in [3.8, 4) is 0 Å². The molecule has 0 aliphatic rings. The summed E-state index contributed by atoms with van der Waals surface area (Å²) in [5.41, 5.74) is 4.60. The van der Waals surface area contributed by atoms with Crippen LogP contribution in [-0.4, -0.2) is 35.6 Å². The van der Waals surface area contributed by atoms with Gasteiger partial charge < -0.3 is 10.2 Å². The SMILES string of the molecule is CNC(=O)[C@H](C)N(Cc1ccccc1C)C(=O)CSCc1cccc(C)c1. The van der Waals surface area contributed by atoms with Crippen LogP contribution in [0.5, 0.6) is 0 Å². The van der Waals surface area contributed by atoms with Crippen LogP contribution in [0.4, 0.5) is 0 Å². The van der Waals surface area contributed by atoms with Crippen molar-refractivity contribution in [2.24, 2.45) is 0 Å². The van der Waals surface area contributed by atoms with Gasteiger partial charge >= 0.3 is 0 Å². The minimum absolute atomic E-state index is 0.0213. The summed E-state index contributed by atoms with van der Waals surface area (Å²) in [6.07, 6.45) is 0. The van der Waals surface area contributed by atoms with Crippen LogP contribution in [0.1, 0.15) is 29.2 Å². The lowest BCUT2D eigenvalue weighted by Crippen LogP contribution is -2.47. The van der Waals surface area contributed by atoms with E-state index in [0.29, 0.717) is 12.3 Å². The molecule has 2 aromatic carbocycles. The number of carbonyl (C=O) groups is 2. The van der Waals surface area contributed by atoms with Crippen LogP contribution in [-0.2, 0) is 21.9 Å². The summed E-state index contributed by atoms with van der Waals surface area (Å²) < 4.78 is 0. The molecule has 0 radical (unpaired) electrons. The molecule has 2 rings (SSSR count). The smallest absolute Gasteiger partial charge is 0.242 e. The van der Waals surface area contributed by atoms with Gasteiger partial charge in [0.2, 0.25) is 11.8 Å². The van der Waals surface area contributed by atoms with Crippen molar-refractivity contribution < 1.29 is 9.59 Å². The van der Waals surface area contributed by atoms with Crippen LogP contribution >= 0.6 is 11.8 Å². The molecule has 27 heavy (non-hydrogen) atoms. The van der Waals surface area contributed by atoms with Crippen molar-refractivity contribution in [3.05, 3.63) is 70.8 Å². The molecule has 0 unspecified atom stereocenters. The average Bonchev–Trinajstić information content (AvgIpc) is 2.66. The number of carbonyl (C=O) groups excluding carboxylic acids is 2. The molecule has 1 atom stereocenters. The summed E-state index contributed by atoms with van der Waals surface area (Å²) in [7, 11) is 1.60. The van der Waals surface area contributed by atoms with Crippen molar-refractivity contribution in [3.63, 3.8) is 0 Å². The number of benzene rings is 2. The fraction of sp³-hybridized carbons (Fsp3) is 0.364. The highest BCUT2D eigenvalue weighted by molar-refractivity contribution is 7.99. The molecule has 5 heteroatoms. The van der Waals surface area contributed by atoms with E-state index in [1.807, 2.05) is 37.3 Å². The van der Waals surface area contributed by atoms with Crippen molar-refractivity contribution in [2.75, 3.05) is 12.8 Å². The Morgan fingerprint density at radius 2 is 1.85 bits per heavy atom. The standard InChI is InChI=1S/C22H28N2O2S/c1-16-8-7-10-19(12-16)14-27-15-21(25)24(18(3)22(26)23-4)13-20-11-6-5-9-17(20)2/h5-12,18H,13-15H2,1-4H3,(H,23,26)/t18-/m0/s1. The summed E-state index contributed by atoms with van der Waals surface area (Å²) in [5.74, 6) is 0.953. The summed E-state index contributed by atoms with van der Waals surface area (Å²) in [4.78, 5) is 26.7. The maximum Gasteiger partial charge on any atom is 0.242 e. The van der Waals surface area contributed by atoms with E-state index in [4.69, 9.17) is 0 Å². The van der Waals surface area contributed by atoms with Crippen molar-refractivity contribution in [1.29, 1.82) is 0 Å². The highest BCUT2D eigenvalue weighted by Gasteiger charge is 2.25. The fourth-order valence-electron chi connectivity index (χ4n) is 2.90. The maximum atomic E-state index is 12.9.